The van der Waals surface area contributed by atoms with E-state index in [9.17, 15) is 0 Å². The summed E-state index contributed by atoms with van der Waals surface area (Å²) in [7, 11) is 1.67. The molecule has 0 bridgehead atoms. The zero-order valence-corrected chi connectivity index (χ0v) is 7.73. The predicted octanol–water partition coefficient (Wildman–Crippen LogP) is 0.218. The van der Waals surface area contributed by atoms with Crippen LogP contribution in [-0.2, 0) is 17.9 Å². The number of aromatic nitrogens is 3. The minimum absolute atomic E-state index is 0.436. The molecule has 0 aromatic carbocycles. The van der Waals surface area contributed by atoms with E-state index in [1.165, 1.54) is 12.8 Å². The number of ether oxygens (including phenoxy) is 1. The van der Waals surface area contributed by atoms with Crippen molar-refractivity contribution in [3.05, 3.63) is 11.4 Å². The summed E-state index contributed by atoms with van der Waals surface area (Å²) < 4.78 is 7.04. The first-order chi connectivity index (χ1) is 6.36. The Labute approximate surface area is 76.9 Å². The van der Waals surface area contributed by atoms with Crippen LogP contribution >= 0.6 is 0 Å². The topological polar surface area (TPSA) is 66.0 Å². The molecule has 72 valence electrons. The number of methoxy groups -OCH3 is 1. The average molecular weight is 182 g/mol. The molecule has 0 atom stereocenters. The van der Waals surface area contributed by atoms with Crippen LogP contribution in [0.3, 0.4) is 0 Å². The average Bonchev–Trinajstić information content (AvgIpc) is 2.90. The van der Waals surface area contributed by atoms with E-state index in [1.807, 2.05) is 4.68 Å². The summed E-state index contributed by atoms with van der Waals surface area (Å²) in [6, 6.07) is 0.540. The molecule has 2 rings (SSSR count). The lowest BCUT2D eigenvalue weighted by Gasteiger charge is -2.04. The molecule has 0 amide bonds. The Morgan fingerprint density at radius 1 is 1.62 bits per heavy atom. The summed E-state index contributed by atoms with van der Waals surface area (Å²) in [6.07, 6.45) is 2.40. The van der Waals surface area contributed by atoms with Crippen LogP contribution in [0.25, 0.3) is 0 Å². The minimum atomic E-state index is 0.436. The fourth-order valence-corrected chi connectivity index (χ4v) is 1.40. The van der Waals surface area contributed by atoms with Crippen LogP contribution in [0.15, 0.2) is 0 Å². The van der Waals surface area contributed by atoms with Crippen molar-refractivity contribution < 1.29 is 4.74 Å². The highest BCUT2D eigenvalue weighted by Gasteiger charge is 2.28. The predicted molar refractivity (Wildman–Crippen MR) is 46.9 cm³/mol. The van der Waals surface area contributed by atoms with Crippen molar-refractivity contribution in [3.8, 4) is 0 Å². The normalized spacial score (nSPS) is 16.5. The summed E-state index contributed by atoms with van der Waals surface area (Å²) in [5, 5.41) is 8.10. The standard InChI is InChI=1S/C8H14N4O/c1-13-5-8-7(4-9)10-11-12(8)6-2-3-6/h6H,2-5,9H2,1H3. The van der Waals surface area contributed by atoms with E-state index >= 15 is 0 Å². The molecule has 1 saturated carbocycles. The Hall–Kier alpha value is -0.940. The van der Waals surface area contributed by atoms with E-state index in [2.05, 4.69) is 10.3 Å². The third-order valence-corrected chi connectivity index (χ3v) is 2.24. The first-order valence-corrected chi connectivity index (χ1v) is 4.48. The number of nitrogens with zero attached hydrogens (tertiary/aromatic N) is 3. The highest BCUT2D eigenvalue weighted by molar-refractivity contribution is 5.10. The Kier molecular flexibility index (Phi) is 2.28. The second-order valence-electron chi connectivity index (χ2n) is 3.30. The molecule has 1 aromatic heterocycles. The zero-order chi connectivity index (χ0) is 9.26. The molecule has 13 heavy (non-hydrogen) atoms. The van der Waals surface area contributed by atoms with E-state index in [0.29, 0.717) is 19.2 Å². The molecule has 0 aliphatic heterocycles. The van der Waals surface area contributed by atoms with Crippen molar-refractivity contribution >= 4 is 0 Å². The van der Waals surface area contributed by atoms with Gasteiger partial charge in [-0.3, -0.25) is 0 Å². The first-order valence-electron chi connectivity index (χ1n) is 4.48. The molecule has 0 radical (unpaired) electrons. The maximum Gasteiger partial charge on any atom is 0.102 e. The molecule has 0 unspecified atom stereocenters. The monoisotopic (exact) mass is 182 g/mol. The molecular weight excluding hydrogens is 168 g/mol. The van der Waals surface area contributed by atoms with Crippen LogP contribution in [0.1, 0.15) is 30.3 Å². The molecule has 1 fully saturated rings. The fraction of sp³-hybridized carbons (Fsp3) is 0.750. The van der Waals surface area contributed by atoms with Crippen molar-refractivity contribution in [2.75, 3.05) is 7.11 Å². The lowest BCUT2D eigenvalue weighted by atomic mass is 10.3. The van der Waals surface area contributed by atoms with Crippen LogP contribution in [0.2, 0.25) is 0 Å². The van der Waals surface area contributed by atoms with Crippen LogP contribution < -0.4 is 5.73 Å². The van der Waals surface area contributed by atoms with Gasteiger partial charge in [0.15, 0.2) is 0 Å². The summed E-state index contributed by atoms with van der Waals surface area (Å²) >= 11 is 0. The molecule has 0 spiro atoms. The maximum atomic E-state index is 5.54. The first kappa shape index (κ1) is 8.65. The third-order valence-electron chi connectivity index (χ3n) is 2.24. The largest absolute Gasteiger partial charge is 0.378 e. The van der Waals surface area contributed by atoms with Gasteiger partial charge in [-0.1, -0.05) is 5.21 Å². The lowest BCUT2D eigenvalue weighted by Crippen LogP contribution is -2.07. The van der Waals surface area contributed by atoms with E-state index in [-0.39, 0.29) is 0 Å². The van der Waals surface area contributed by atoms with Gasteiger partial charge in [-0.25, -0.2) is 4.68 Å². The Balaban J connectivity index is 2.26. The van der Waals surface area contributed by atoms with Gasteiger partial charge in [0.05, 0.1) is 18.3 Å². The SMILES string of the molecule is COCc1c(CN)nnn1C1CC1. The van der Waals surface area contributed by atoms with Crippen LogP contribution in [0.5, 0.6) is 0 Å². The molecule has 2 N–H and O–H groups in total. The maximum absolute atomic E-state index is 5.54. The smallest absolute Gasteiger partial charge is 0.102 e. The van der Waals surface area contributed by atoms with Gasteiger partial charge in [0.25, 0.3) is 0 Å². The number of hydrogen-bond donors (Lipinski definition) is 1. The Bertz CT molecular complexity index is 292. The Morgan fingerprint density at radius 3 is 2.92 bits per heavy atom. The molecule has 1 aliphatic carbocycles. The molecule has 1 heterocycles. The second kappa shape index (κ2) is 3.43. The molecular formula is C8H14N4O. The van der Waals surface area contributed by atoms with E-state index in [4.69, 9.17) is 10.5 Å². The van der Waals surface area contributed by atoms with Crippen molar-refractivity contribution in [2.45, 2.75) is 32.0 Å². The van der Waals surface area contributed by atoms with Crippen LogP contribution in [0.4, 0.5) is 0 Å². The van der Waals surface area contributed by atoms with Gasteiger partial charge in [-0.2, -0.15) is 0 Å². The quantitative estimate of drug-likeness (QED) is 0.723. The molecule has 5 nitrogen and oxygen atoms in total. The van der Waals surface area contributed by atoms with Crippen molar-refractivity contribution in [3.63, 3.8) is 0 Å². The van der Waals surface area contributed by atoms with Gasteiger partial charge in [-0.05, 0) is 12.8 Å². The lowest BCUT2D eigenvalue weighted by molar-refractivity contribution is 0.175. The van der Waals surface area contributed by atoms with Gasteiger partial charge < -0.3 is 10.5 Å². The van der Waals surface area contributed by atoms with Gasteiger partial charge >= 0.3 is 0 Å². The summed E-state index contributed by atoms with van der Waals surface area (Å²) in [5.74, 6) is 0. The van der Waals surface area contributed by atoms with Crippen molar-refractivity contribution in [1.29, 1.82) is 0 Å². The van der Waals surface area contributed by atoms with E-state index in [1.54, 1.807) is 7.11 Å². The fourth-order valence-electron chi connectivity index (χ4n) is 1.40. The summed E-state index contributed by atoms with van der Waals surface area (Å²) in [4.78, 5) is 0. The van der Waals surface area contributed by atoms with Gasteiger partial charge in [-0.15, -0.1) is 5.10 Å². The van der Waals surface area contributed by atoms with E-state index in [0.717, 1.165) is 11.4 Å². The van der Waals surface area contributed by atoms with Gasteiger partial charge in [0, 0.05) is 13.7 Å². The highest BCUT2D eigenvalue weighted by Crippen LogP contribution is 2.35. The number of nitrogens with two attached hydrogens (primary N) is 1. The summed E-state index contributed by atoms with van der Waals surface area (Å²) in [6.45, 7) is 0.988. The molecule has 0 saturated heterocycles. The second-order valence-corrected chi connectivity index (χ2v) is 3.30. The van der Waals surface area contributed by atoms with Gasteiger partial charge in [0.2, 0.25) is 0 Å². The number of hydrogen-bond acceptors (Lipinski definition) is 4. The zero-order valence-electron chi connectivity index (χ0n) is 7.73. The Morgan fingerprint density at radius 2 is 2.38 bits per heavy atom. The van der Waals surface area contributed by atoms with Crippen molar-refractivity contribution in [2.24, 2.45) is 5.73 Å². The van der Waals surface area contributed by atoms with E-state index < -0.39 is 0 Å². The molecule has 1 aromatic rings. The highest BCUT2D eigenvalue weighted by atomic mass is 16.5. The molecule has 5 heteroatoms. The van der Waals surface area contributed by atoms with Gasteiger partial charge in [0.1, 0.15) is 5.69 Å². The number of rotatable bonds is 4. The van der Waals surface area contributed by atoms with Crippen molar-refractivity contribution in [1.82, 2.24) is 15.0 Å². The molecule has 1 aliphatic rings. The van der Waals surface area contributed by atoms with Crippen LogP contribution in [-0.4, -0.2) is 22.1 Å². The minimum Gasteiger partial charge on any atom is -0.378 e. The van der Waals surface area contributed by atoms with Crippen LogP contribution in [0, 0.1) is 0 Å². The summed E-state index contributed by atoms with van der Waals surface area (Å²) in [5.41, 5.74) is 7.43. The third kappa shape index (κ3) is 1.57.